The van der Waals surface area contributed by atoms with Gasteiger partial charge in [0.05, 0.1) is 11.6 Å². The number of carbonyl (C=O) groups is 2. The lowest BCUT2D eigenvalue weighted by atomic mass is 10.1. The summed E-state index contributed by atoms with van der Waals surface area (Å²) >= 11 is 0. The lowest BCUT2D eigenvalue weighted by Crippen LogP contribution is -2.44. The summed E-state index contributed by atoms with van der Waals surface area (Å²) in [5.74, 6) is -0.885. The van der Waals surface area contributed by atoms with Crippen LogP contribution in [0.4, 0.5) is 0 Å². The van der Waals surface area contributed by atoms with E-state index < -0.39 is 20.1 Å². The molecule has 2 N–H and O–H groups in total. The van der Waals surface area contributed by atoms with E-state index in [9.17, 15) is 14.9 Å². The summed E-state index contributed by atoms with van der Waals surface area (Å²) < 4.78 is 6.42. The van der Waals surface area contributed by atoms with Gasteiger partial charge in [-0.15, -0.1) is 0 Å². The summed E-state index contributed by atoms with van der Waals surface area (Å²) in [6.07, 6.45) is 0.435. The van der Waals surface area contributed by atoms with Crippen molar-refractivity contribution in [1.82, 2.24) is 4.90 Å². The highest BCUT2D eigenvalue weighted by atomic mass is 28.4. The Hall–Kier alpha value is -2.33. The van der Waals surface area contributed by atoms with Gasteiger partial charge in [0.15, 0.2) is 0 Å². The Labute approximate surface area is 156 Å². The molecule has 0 saturated carbocycles. The summed E-state index contributed by atoms with van der Waals surface area (Å²) in [5, 5.41) is 9.25. The minimum atomic E-state index is -2.07. The summed E-state index contributed by atoms with van der Waals surface area (Å²) in [7, 11) is -2.07. The molecule has 2 rings (SSSR count). The highest BCUT2D eigenvalue weighted by Crippen LogP contribution is 2.38. The molecule has 26 heavy (non-hydrogen) atoms. The first kappa shape index (κ1) is 20.0. The quantitative estimate of drug-likeness (QED) is 0.634. The lowest BCUT2D eigenvalue weighted by molar-refractivity contribution is -0.136. The molecular weight excluding hydrogens is 346 g/mol. The molecule has 1 aliphatic rings. The molecule has 1 aliphatic heterocycles. The molecule has 1 fully saturated rings. The Bertz CT molecular complexity index is 762. The van der Waals surface area contributed by atoms with E-state index in [4.69, 9.17) is 10.2 Å². The summed E-state index contributed by atoms with van der Waals surface area (Å²) in [6, 6.07) is 7.42. The van der Waals surface area contributed by atoms with Crippen molar-refractivity contribution in [3.63, 3.8) is 0 Å². The summed E-state index contributed by atoms with van der Waals surface area (Å²) in [4.78, 5) is 25.4. The minimum Gasteiger partial charge on any atom is -0.543 e. The average Bonchev–Trinajstić information content (AvgIpc) is 2.88. The molecule has 0 bridgehead atoms. The van der Waals surface area contributed by atoms with Gasteiger partial charge in [-0.25, -0.2) is 0 Å². The van der Waals surface area contributed by atoms with Crippen LogP contribution in [0, 0.1) is 17.2 Å². The van der Waals surface area contributed by atoms with Crippen LogP contribution in [0.15, 0.2) is 18.2 Å². The number of carbonyl (C=O) groups excluding carboxylic acids is 2. The zero-order valence-corrected chi connectivity index (χ0v) is 17.1. The summed E-state index contributed by atoms with van der Waals surface area (Å²) in [6.45, 7) is 11.6. The van der Waals surface area contributed by atoms with Crippen molar-refractivity contribution < 1.29 is 14.0 Å². The number of primary amides is 1. The largest absolute Gasteiger partial charge is 0.543 e. The van der Waals surface area contributed by atoms with Crippen LogP contribution >= 0.6 is 0 Å². The predicted octanol–water partition coefficient (Wildman–Crippen LogP) is 2.78. The smallest absolute Gasteiger partial charge is 0.250 e. The molecule has 1 saturated heterocycles. The zero-order chi connectivity index (χ0) is 19.7. The van der Waals surface area contributed by atoms with Crippen LogP contribution in [0.2, 0.25) is 18.1 Å². The van der Waals surface area contributed by atoms with Crippen LogP contribution in [0.1, 0.15) is 38.3 Å². The lowest BCUT2D eigenvalue weighted by Gasteiger charge is -2.37. The van der Waals surface area contributed by atoms with Crippen LogP contribution in [0.5, 0.6) is 5.75 Å². The highest BCUT2D eigenvalue weighted by molar-refractivity contribution is 6.74. The van der Waals surface area contributed by atoms with E-state index in [0.29, 0.717) is 30.8 Å². The van der Waals surface area contributed by atoms with Crippen molar-refractivity contribution in [1.29, 1.82) is 5.26 Å². The molecule has 0 unspecified atom stereocenters. The molecule has 2 amide bonds. The number of nitriles is 1. The van der Waals surface area contributed by atoms with Crippen molar-refractivity contribution in [2.24, 2.45) is 11.7 Å². The Morgan fingerprint density at radius 2 is 2.08 bits per heavy atom. The van der Waals surface area contributed by atoms with Gasteiger partial charge < -0.3 is 15.1 Å². The fourth-order valence-corrected chi connectivity index (χ4v) is 3.72. The molecular formula is C19H27N3O3Si. The molecule has 0 aromatic heterocycles. The topological polar surface area (TPSA) is 96.4 Å². The molecule has 6 nitrogen and oxygen atoms in total. The standard InChI is InChI=1S/C19H27N3O3Si/c1-19(2,3)26(4,5)25-16-7-6-13(11-20)10-14(16)12-22-9-8-15(17(21)23)18(22)24/h6-7,10,15H,8-9,12H2,1-5H3,(H2,21,23)/t15-/m0/s1. The number of hydrogen-bond donors (Lipinski definition) is 1. The zero-order valence-electron chi connectivity index (χ0n) is 16.1. The van der Waals surface area contributed by atoms with Gasteiger partial charge in [-0.05, 0) is 42.8 Å². The number of likely N-dealkylation sites (tertiary alicyclic amines) is 1. The summed E-state index contributed by atoms with van der Waals surface area (Å²) in [5.41, 5.74) is 6.60. The molecule has 1 atom stereocenters. The van der Waals surface area contributed by atoms with Crippen LogP contribution in [0.25, 0.3) is 0 Å². The average molecular weight is 374 g/mol. The van der Waals surface area contributed by atoms with Gasteiger partial charge >= 0.3 is 0 Å². The van der Waals surface area contributed by atoms with E-state index >= 15 is 0 Å². The number of benzene rings is 1. The monoisotopic (exact) mass is 373 g/mol. The van der Waals surface area contributed by atoms with E-state index in [1.165, 1.54) is 0 Å². The van der Waals surface area contributed by atoms with Crippen molar-refractivity contribution in [3.8, 4) is 11.8 Å². The maximum Gasteiger partial charge on any atom is 0.250 e. The van der Waals surface area contributed by atoms with E-state index in [1.807, 2.05) is 0 Å². The SMILES string of the molecule is CC(C)(C)[Si](C)(C)Oc1ccc(C#N)cc1CN1CC[C@@H](C(N)=O)C1=O. The third kappa shape index (κ3) is 4.07. The molecule has 0 spiro atoms. The predicted molar refractivity (Wildman–Crippen MR) is 102 cm³/mol. The number of amides is 2. The van der Waals surface area contributed by atoms with Crippen LogP contribution in [0.3, 0.4) is 0 Å². The van der Waals surface area contributed by atoms with Crippen molar-refractivity contribution in [2.45, 2.75) is 51.9 Å². The van der Waals surface area contributed by atoms with Crippen LogP contribution < -0.4 is 10.2 Å². The molecule has 0 radical (unpaired) electrons. The number of rotatable bonds is 5. The van der Waals surface area contributed by atoms with Crippen molar-refractivity contribution in [2.75, 3.05) is 6.54 Å². The van der Waals surface area contributed by atoms with Crippen LogP contribution in [-0.2, 0) is 16.1 Å². The van der Waals surface area contributed by atoms with Gasteiger partial charge in [0.1, 0.15) is 11.7 Å². The fraction of sp³-hybridized carbons (Fsp3) is 0.526. The first-order valence-corrected chi connectivity index (χ1v) is 11.7. The normalized spacial score (nSPS) is 17.9. The van der Waals surface area contributed by atoms with Gasteiger partial charge in [-0.3, -0.25) is 9.59 Å². The van der Waals surface area contributed by atoms with Gasteiger partial charge in [-0.1, -0.05) is 20.8 Å². The van der Waals surface area contributed by atoms with E-state index in [0.717, 1.165) is 5.56 Å². The fourth-order valence-electron chi connectivity index (χ4n) is 2.67. The third-order valence-corrected chi connectivity index (χ3v) is 9.71. The first-order valence-electron chi connectivity index (χ1n) is 8.76. The second kappa shape index (κ2) is 7.12. The Balaban J connectivity index is 2.31. The number of hydrogen-bond acceptors (Lipinski definition) is 4. The molecule has 1 aromatic carbocycles. The molecule has 0 aliphatic carbocycles. The maximum absolute atomic E-state index is 12.4. The second-order valence-electron chi connectivity index (χ2n) is 8.30. The Morgan fingerprint density at radius 1 is 1.42 bits per heavy atom. The van der Waals surface area contributed by atoms with Gasteiger partial charge in [0, 0.05) is 18.7 Å². The molecule has 1 heterocycles. The second-order valence-corrected chi connectivity index (χ2v) is 13.0. The maximum atomic E-state index is 12.4. The molecule has 7 heteroatoms. The number of nitrogens with zero attached hydrogens (tertiary/aromatic N) is 2. The Kier molecular flexibility index (Phi) is 5.47. The number of nitrogens with two attached hydrogens (primary N) is 1. The van der Waals surface area contributed by atoms with Gasteiger partial charge in [0.2, 0.25) is 20.1 Å². The van der Waals surface area contributed by atoms with Crippen LogP contribution in [-0.4, -0.2) is 31.6 Å². The van der Waals surface area contributed by atoms with Crippen molar-refractivity contribution in [3.05, 3.63) is 29.3 Å². The van der Waals surface area contributed by atoms with E-state index in [2.05, 4.69) is 39.9 Å². The van der Waals surface area contributed by atoms with Gasteiger partial charge in [0.25, 0.3) is 0 Å². The van der Waals surface area contributed by atoms with E-state index in [-0.39, 0.29) is 10.9 Å². The van der Waals surface area contributed by atoms with Crippen molar-refractivity contribution >= 4 is 20.1 Å². The minimum absolute atomic E-state index is 0.0265. The van der Waals surface area contributed by atoms with Gasteiger partial charge in [-0.2, -0.15) is 5.26 Å². The van der Waals surface area contributed by atoms with E-state index in [1.54, 1.807) is 23.1 Å². The third-order valence-electron chi connectivity index (χ3n) is 5.36. The highest BCUT2D eigenvalue weighted by Gasteiger charge is 2.40. The molecule has 1 aromatic rings. The first-order chi connectivity index (χ1) is 12.0. The Morgan fingerprint density at radius 3 is 2.58 bits per heavy atom. The molecule has 140 valence electrons.